The van der Waals surface area contributed by atoms with Gasteiger partial charge in [0.1, 0.15) is 19.3 Å². The Morgan fingerprint density at radius 3 is 0.687 bits per heavy atom. The Labute approximate surface area is 607 Å². The number of esters is 4. The number of carbonyl (C=O) groups excluding carboxylic acids is 4. The lowest BCUT2D eigenvalue weighted by Crippen LogP contribution is -2.30. The average Bonchev–Trinajstić information content (AvgIpc) is 1.17. The molecule has 0 aliphatic carbocycles. The standard InChI is InChI=1S/C80H156O17P2/c1-7-9-11-13-15-17-19-21-22-23-24-25-26-27-28-32-37-41-45-53-59-65-79(84)96-75(68-90-77(82)62-56-50-43-39-35-33-29-31-34-38-42-48-54-60-72(3)4)70-94-98(86,87)92-66-74(81)67-93-99(88,89)95-71-76(69-91-78(83)63-57-51-47-46-49-55-61-73(5)6)97-80(85)64-58-52-44-40-36-30-20-18-16-14-12-10-8-2/h72-76,81H,7-71H2,1-6H3,(H,86,87)(H,88,89)/t74-,75-,76-/m1/s1. The fourth-order valence-electron chi connectivity index (χ4n) is 12.4. The van der Waals surface area contributed by atoms with Crippen molar-refractivity contribution in [3.63, 3.8) is 0 Å². The van der Waals surface area contributed by atoms with Gasteiger partial charge in [-0.1, -0.05) is 369 Å². The Morgan fingerprint density at radius 1 is 0.273 bits per heavy atom. The molecule has 0 rings (SSSR count). The first kappa shape index (κ1) is 97.1. The van der Waals surface area contributed by atoms with Crippen LogP contribution >= 0.6 is 15.6 Å². The number of hydrogen-bond acceptors (Lipinski definition) is 15. The highest BCUT2D eigenvalue weighted by atomic mass is 31.2. The molecule has 19 heteroatoms. The molecule has 0 saturated carbocycles. The molecule has 0 fully saturated rings. The number of ether oxygens (including phenoxy) is 4. The van der Waals surface area contributed by atoms with E-state index in [1.54, 1.807) is 0 Å². The van der Waals surface area contributed by atoms with E-state index in [0.717, 1.165) is 102 Å². The summed E-state index contributed by atoms with van der Waals surface area (Å²) in [5.74, 6) is -0.641. The molecule has 0 radical (unpaired) electrons. The molecular formula is C80H156O17P2. The number of hydrogen-bond donors (Lipinski definition) is 3. The van der Waals surface area contributed by atoms with Crippen molar-refractivity contribution in [3.8, 4) is 0 Å². The molecule has 588 valence electrons. The van der Waals surface area contributed by atoms with E-state index in [9.17, 15) is 43.2 Å². The Hall–Kier alpha value is -1.94. The number of phosphoric acid groups is 2. The summed E-state index contributed by atoms with van der Waals surface area (Å²) in [4.78, 5) is 72.9. The van der Waals surface area contributed by atoms with Gasteiger partial charge < -0.3 is 33.8 Å². The predicted octanol–water partition coefficient (Wildman–Crippen LogP) is 23.9. The lowest BCUT2D eigenvalue weighted by Gasteiger charge is -2.21. The number of aliphatic hydroxyl groups excluding tert-OH is 1. The number of unbranched alkanes of at least 4 members (excludes halogenated alkanes) is 49. The second-order valence-electron chi connectivity index (χ2n) is 29.8. The fourth-order valence-corrected chi connectivity index (χ4v) is 13.9. The minimum atomic E-state index is -4.96. The summed E-state index contributed by atoms with van der Waals surface area (Å²) < 4.78 is 68.6. The number of aliphatic hydroxyl groups is 1. The molecule has 99 heavy (non-hydrogen) atoms. The van der Waals surface area contributed by atoms with Crippen LogP contribution in [0.3, 0.4) is 0 Å². The summed E-state index contributed by atoms with van der Waals surface area (Å²) >= 11 is 0. The molecular weight excluding hydrogens is 1290 g/mol. The molecule has 0 bridgehead atoms. The van der Waals surface area contributed by atoms with E-state index in [1.807, 2.05) is 0 Å². The largest absolute Gasteiger partial charge is 0.472 e. The molecule has 2 unspecified atom stereocenters. The summed E-state index contributed by atoms with van der Waals surface area (Å²) in [6.45, 7) is 9.56. The molecule has 5 atom stereocenters. The molecule has 0 aromatic carbocycles. The van der Waals surface area contributed by atoms with Crippen LogP contribution in [0.15, 0.2) is 0 Å². The van der Waals surface area contributed by atoms with Gasteiger partial charge in [0.2, 0.25) is 0 Å². The monoisotopic (exact) mass is 1450 g/mol. The number of rotatable bonds is 79. The Balaban J connectivity index is 5.20. The number of phosphoric ester groups is 2. The van der Waals surface area contributed by atoms with Gasteiger partial charge in [-0.15, -0.1) is 0 Å². The second-order valence-corrected chi connectivity index (χ2v) is 32.7. The van der Waals surface area contributed by atoms with Gasteiger partial charge in [0.25, 0.3) is 0 Å². The van der Waals surface area contributed by atoms with Crippen LogP contribution in [0.5, 0.6) is 0 Å². The SMILES string of the molecule is CCCCCCCCCCCCCCCCCCCCCCCC(=O)O[C@H](COC(=O)CCCCCCCCCCCCCCCC(C)C)COP(=O)(O)OC[C@@H](O)COP(=O)(O)OC[C@@H](COC(=O)CCCCCCCCC(C)C)OC(=O)CCCCCCCCCCCCCCC. The fraction of sp³-hybridized carbons (Fsp3) is 0.950. The van der Waals surface area contributed by atoms with Gasteiger partial charge in [0.05, 0.1) is 26.4 Å². The van der Waals surface area contributed by atoms with E-state index in [1.165, 1.54) is 231 Å². The van der Waals surface area contributed by atoms with E-state index in [-0.39, 0.29) is 25.7 Å². The van der Waals surface area contributed by atoms with Crippen LogP contribution in [-0.2, 0) is 65.4 Å². The third-order valence-electron chi connectivity index (χ3n) is 18.7. The van der Waals surface area contributed by atoms with Crippen LogP contribution in [0.1, 0.15) is 420 Å². The molecule has 0 aliphatic heterocycles. The molecule has 0 aromatic heterocycles. The zero-order chi connectivity index (χ0) is 72.8. The Kier molecular flexibility index (Phi) is 70.3. The highest BCUT2D eigenvalue weighted by Gasteiger charge is 2.30. The first-order valence-corrected chi connectivity index (χ1v) is 44.5. The maximum atomic E-state index is 13.1. The molecule has 0 aromatic rings. The van der Waals surface area contributed by atoms with Crippen LogP contribution in [-0.4, -0.2) is 96.7 Å². The third-order valence-corrected chi connectivity index (χ3v) is 20.6. The van der Waals surface area contributed by atoms with Crippen molar-refractivity contribution in [2.45, 2.75) is 439 Å². The lowest BCUT2D eigenvalue weighted by molar-refractivity contribution is -0.161. The van der Waals surface area contributed by atoms with Crippen LogP contribution in [0, 0.1) is 11.8 Å². The van der Waals surface area contributed by atoms with Gasteiger partial charge in [-0.3, -0.25) is 37.3 Å². The Morgan fingerprint density at radius 2 is 0.465 bits per heavy atom. The topological polar surface area (TPSA) is 237 Å². The highest BCUT2D eigenvalue weighted by Crippen LogP contribution is 2.45. The third kappa shape index (κ3) is 74.1. The summed E-state index contributed by atoms with van der Waals surface area (Å²) in [5.41, 5.74) is 0. The summed E-state index contributed by atoms with van der Waals surface area (Å²) in [7, 11) is -9.92. The minimum Gasteiger partial charge on any atom is -0.462 e. The first-order chi connectivity index (χ1) is 47.9. The van der Waals surface area contributed by atoms with Gasteiger partial charge >= 0.3 is 39.5 Å². The highest BCUT2D eigenvalue weighted by molar-refractivity contribution is 7.47. The normalized spacial score (nSPS) is 13.9. The molecule has 3 N–H and O–H groups in total. The van der Waals surface area contributed by atoms with Crippen molar-refractivity contribution in [3.05, 3.63) is 0 Å². The van der Waals surface area contributed by atoms with Gasteiger partial charge in [0, 0.05) is 25.7 Å². The van der Waals surface area contributed by atoms with Crippen molar-refractivity contribution >= 4 is 39.5 Å². The summed E-state index contributed by atoms with van der Waals surface area (Å²) in [5, 5.41) is 10.6. The van der Waals surface area contributed by atoms with Crippen molar-refractivity contribution in [2.24, 2.45) is 11.8 Å². The quantitative estimate of drug-likeness (QED) is 0.0222. The second kappa shape index (κ2) is 71.7. The van der Waals surface area contributed by atoms with Crippen molar-refractivity contribution in [1.82, 2.24) is 0 Å². The molecule has 0 amide bonds. The minimum absolute atomic E-state index is 0.107. The van der Waals surface area contributed by atoms with Crippen molar-refractivity contribution in [1.29, 1.82) is 0 Å². The van der Waals surface area contributed by atoms with E-state index in [0.29, 0.717) is 31.6 Å². The van der Waals surface area contributed by atoms with Crippen LogP contribution < -0.4 is 0 Å². The summed E-state index contributed by atoms with van der Waals surface area (Å²) in [6, 6.07) is 0. The molecule has 0 saturated heterocycles. The average molecular weight is 1450 g/mol. The van der Waals surface area contributed by atoms with E-state index >= 15 is 0 Å². The van der Waals surface area contributed by atoms with Crippen LogP contribution in [0.2, 0.25) is 0 Å². The van der Waals surface area contributed by atoms with Gasteiger partial charge in [-0.05, 0) is 37.5 Å². The predicted molar refractivity (Wildman–Crippen MR) is 405 cm³/mol. The van der Waals surface area contributed by atoms with Gasteiger partial charge in [-0.25, -0.2) is 9.13 Å². The Bertz CT molecular complexity index is 1910. The first-order valence-electron chi connectivity index (χ1n) is 41.5. The van der Waals surface area contributed by atoms with Crippen LogP contribution in [0.25, 0.3) is 0 Å². The van der Waals surface area contributed by atoms with Crippen molar-refractivity contribution in [2.75, 3.05) is 39.6 Å². The smallest absolute Gasteiger partial charge is 0.462 e. The molecule has 0 aliphatic rings. The van der Waals surface area contributed by atoms with E-state index < -0.39 is 97.5 Å². The molecule has 0 spiro atoms. The zero-order valence-corrected chi connectivity index (χ0v) is 66.6. The lowest BCUT2D eigenvalue weighted by atomic mass is 10.0. The van der Waals surface area contributed by atoms with Gasteiger partial charge in [-0.2, -0.15) is 0 Å². The van der Waals surface area contributed by atoms with Gasteiger partial charge in [0.15, 0.2) is 12.2 Å². The maximum absolute atomic E-state index is 13.1. The van der Waals surface area contributed by atoms with E-state index in [2.05, 4.69) is 41.5 Å². The van der Waals surface area contributed by atoms with E-state index in [4.69, 9.17) is 37.0 Å². The van der Waals surface area contributed by atoms with Crippen LogP contribution in [0.4, 0.5) is 0 Å². The molecule has 17 nitrogen and oxygen atoms in total. The maximum Gasteiger partial charge on any atom is 0.472 e. The zero-order valence-electron chi connectivity index (χ0n) is 64.8. The van der Waals surface area contributed by atoms with Crippen molar-refractivity contribution < 1.29 is 80.2 Å². The molecule has 0 heterocycles. The number of carbonyl (C=O) groups is 4. The summed E-state index contributed by atoms with van der Waals surface area (Å²) in [6.07, 6.45) is 61.3.